The molecule has 1 heterocycles. The van der Waals surface area contributed by atoms with Crippen LogP contribution in [0, 0.1) is 10.1 Å². The molecule has 2 aromatic rings. The van der Waals surface area contributed by atoms with Crippen LogP contribution in [0.1, 0.15) is 22.0 Å². The summed E-state index contributed by atoms with van der Waals surface area (Å²) in [5, 5.41) is 10.8. The van der Waals surface area contributed by atoms with Gasteiger partial charge in [0, 0.05) is 24.2 Å². The summed E-state index contributed by atoms with van der Waals surface area (Å²) < 4.78 is 5.74. The van der Waals surface area contributed by atoms with Crippen molar-refractivity contribution in [2.45, 2.75) is 6.10 Å². The molecule has 0 bridgehead atoms. The second-order valence-corrected chi connectivity index (χ2v) is 5.33. The second-order valence-electron chi connectivity index (χ2n) is 5.33. The highest BCUT2D eigenvalue weighted by molar-refractivity contribution is 5.94. The van der Waals surface area contributed by atoms with Crippen LogP contribution < -0.4 is 0 Å². The first-order valence-corrected chi connectivity index (χ1v) is 7.35. The van der Waals surface area contributed by atoms with Gasteiger partial charge in [-0.05, 0) is 11.6 Å². The zero-order valence-corrected chi connectivity index (χ0v) is 12.4. The number of nitro benzene ring substituents is 1. The van der Waals surface area contributed by atoms with E-state index < -0.39 is 4.92 Å². The van der Waals surface area contributed by atoms with E-state index in [9.17, 15) is 14.9 Å². The Morgan fingerprint density at radius 1 is 1.17 bits per heavy atom. The maximum Gasteiger partial charge on any atom is 0.270 e. The van der Waals surface area contributed by atoms with Gasteiger partial charge in [0.2, 0.25) is 0 Å². The molecular weight excluding hydrogens is 296 g/mol. The van der Waals surface area contributed by atoms with Crippen molar-refractivity contribution in [1.29, 1.82) is 0 Å². The zero-order valence-electron chi connectivity index (χ0n) is 12.4. The second kappa shape index (κ2) is 6.58. The number of amides is 1. The molecule has 1 atom stereocenters. The van der Waals surface area contributed by atoms with Gasteiger partial charge in [0.25, 0.3) is 11.6 Å². The van der Waals surface area contributed by atoms with Gasteiger partial charge in [0.05, 0.1) is 18.1 Å². The van der Waals surface area contributed by atoms with Gasteiger partial charge >= 0.3 is 0 Å². The quantitative estimate of drug-likeness (QED) is 0.645. The predicted molar refractivity (Wildman–Crippen MR) is 84.1 cm³/mol. The molecule has 1 fully saturated rings. The molecule has 0 N–H and O–H groups in total. The number of morpholine rings is 1. The lowest BCUT2D eigenvalue weighted by Crippen LogP contribution is -2.42. The standard InChI is InChI=1S/C17H16N2O4/c20-17(14-7-4-8-15(11-14)19(21)22)18-9-10-23-16(12-18)13-5-2-1-3-6-13/h1-8,11,16H,9-10,12H2. The first kappa shape index (κ1) is 15.2. The third-order valence-electron chi connectivity index (χ3n) is 3.83. The predicted octanol–water partition coefficient (Wildman–Crippen LogP) is 2.81. The molecule has 6 heteroatoms. The monoisotopic (exact) mass is 312 g/mol. The fourth-order valence-electron chi connectivity index (χ4n) is 2.64. The van der Waals surface area contributed by atoms with Gasteiger partial charge in [-0.15, -0.1) is 0 Å². The Bertz CT molecular complexity index is 718. The summed E-state index contributed by atoms with van der Waals surface area (Å²) in [7, 11) is 0. The Kier molecular flexibility index (Phi) is 4.34. The first-order chi connectivity index (χ1) is 11.1. The lowest BCUT2D eigenvalue weighted by molar-refractivity contribution is -0.384. The molecule has 1 unspecified atom stereocenters. The highest BCUT2D eigenvalue weighted by Gasteiger charge is 2.26. The average Bonchev–Trinajstić information content (AvgIpc) is 2.62. The van der Waals surface area contributed by atoms with Gasteiger partial charge in [-0.2, -0.15) is 0 Å². The summed E-state index contributed by atoms with van der Waals surface area (Å²) in [5.74, 6) is -0.210. The van der Waals surface area contributed by atoms with Gasteiger partial charge < -0.3 is 9.64 Å². The topological polar surface area (TPSA) is 72.7 Å². The minimum atomic E-state index is -0.497. The van der Waals surface area contributed by atoms with E-state index in [1.54, 1.807) is 11.0 Å². The lowest BCUT2D eigenvalue weighted by atomic mass is 10.1. The Balaban J connectivity index is 1.77. The van der Waals surface area contributed by atoms with Crippen molar-refractivity contribution >= 4 is 11.6 Å². The van der Waals surface area contributed by atoms with Crippen LogP contribution in [0.4, 0.5) is 5.69 Å². The summed E-state index contributed by atoms with van der Waals surface area (Å²) in [5.41, 5.74) is 1.26. The average molecular weight is 312 g/mol. The van der Waals surface area contributed by atoms with Gasteiger partial charge in [-0.25, -0.2) is 0 Å². The van der Waals surface area contributed by atoms with Crippen LogP contribution in [-0.4, -0.2) is 35.4 Å². The van der Waals surface area contributed by atoms with E-state index >= 15 is 0 Å². The van der Waals surface area contributed by atoms with Crippen molar-refractivity contribution in [3.05, 3.63) is 75.8 Å². The van der Waals surface area contributed by atoms with Crippen LogP contribution in [0.5, 0.6) is 0 Å². The molecular formula is C17H16N2O4. The van der Waals surface area contributed by atoms with Crippen molar-refractivity contribution < 1.29 is 14.5 Å². The number of nitrogens with zero attached hydrogens (tertiary/aromatic N) is 2. The molecule has 2 aromatic carbocycles. The van der Waals surface area contributed by atoms with E-state index in [2.05, 4.69) is 0 Å². The summed E-state index contributed by atoms with van der Waals surface area (Å²) in [6, 6.07) is 15.5. The Hall–Kier alpha value is -2.73. The molecule has 0 spiro atoms. The molecule has 118 valence electrons. The number of carbonyl (C=O) groups is 1. The van der Waals surface area contributed by atoms with E-state index in [4.69, 9.17) is 4.74 Å². The Morgan fingerprint density at radius 3 is 2.70 bits per heavy atom. The van der Waals surface area contributed by atoms with E-state index in [1.807, 2.05) is 30.3 Å². The van der Waals surface area contributed by atoms with E-state index in [0.29, 0.717) is 25.3 Å². The van der Waals surface area contributed by atoms with Crippen LogP contribution in [0.2, 0.25) is 0 Å². The molecule has 1 aliphatic rings. The number of nitro groups is 1. The molecule has 0 saturated carbocycles. The van der Waals surface area contributed by atoms with Gasteiger partial charge in [0.15, 0.2) is 0 Å². The third-order valence-corrected chi connectivity index (χ3v) is 3.83. The van der Waals surface area contributed by atoms with Crippen LogP contribution >= 0.6 is 0 Å². The highest BCUT2D eigenvalue weighted by atomic mass is 16.6. The first-order valence-electron chi connectivity index (χ1n) is 7.35. The molecule has 1 saturated heterocycles. The van der Waals surface area contributed by atoms with Crippen LogP contribution in [0.25, 0.3) is 0 Å². The zero-order chi connectivity index (χ0) is 16.2. The molecule has 0 radical (unpaired) electrons. The largest absolute Gasteiger partial charge is 0.370 e. The Labute approximate surface area is 133 Å². The van der Waals surface area contributed by atoms with Crippen molar-refractivity contribution in [2.75, 3.05) is 19.7 Å². The molecule has 1 amide bonds. The number of ether oxygens (including phenoxy) is 1. The number of non-ortho nitro benzene ring substituents is 1. The highest BCUT2D eigenvalue weighted by Crippen LogP contribution is 2.23. The lowest BCUT2D eigenvalue weighted by Gasteiger charge is -2.33. The summed E-state index contributed by atoms with van der Waals surface area (Å²) >= 11 is 0. The van der Waals surface area contributed by atoms with Crippen LogP contribution in [-0.2, 0) is 4.74 Å². The van der Waals surface area contributed by atoms with Crippen molar-refractivity contribution in [2.24, 2.45) is 0 Å². The maximum atomic E-state index is 12.6. The molecule has 6 nitrogen and oxygen atoms in total. The van der Waals surface area contributed by atoms with E-state index in [1.165, 1.54) is 18.2 Å². The van der Waals surface area contributed by atoms with Gasteiger partial charge in [-0.3, -0.25) is 14.9 Å². The Morgan fingerprint density at radius 2 is 1.96 bits per heavy atom. The molecule has 1 aliphatic heterocycles. The number of benzene rings is 2. The third kappa shape index (κ3) is 3.37. The number of rotatable bonds is 3. The molecule has 3 rings (SSSR count). The van der Waals surface area contributed by atoms with E-state index in [0.717, 1.165) is 5.56 Å². The fraction of sp³-hybridized carbons (Fsp3) is 0.235. The molecule has 0 aromatic heterocycles. The minimum Gasteiger partial charge on any atom is -0.370 e. The van der Waals surface area contributed by atoms with Crippen LogP contribution in [0.3, 0.4) is 0 Å². The van der Waals surface area contributed by atoms with Gasteiger partial charge in [-0.1, -0.05) is 36.4 Å². The number of hydrogen-bond acceptors (Lipinski definition) is 4. The van der Waals surface area contributed by atoms with Crippen molar-refractivity contribution in [3.8, 4) is 0 Å². The normalized spacial score (nSPS) is 17.7. The number of carbonyl (C=O) groups excluding carboxylic acids is 1. The van der Waals surface area contributed by atoms with Crippen molar-refractivity contribution in [1.82, 2.24) is 4.90 Å². The summed E-state index contributed by atoms with van der Waals surface area (Å²) in [4.78, 5) is 24.6. The number of hydrogen-bond donors (Lipinski definition) is 0. The van der Waals surface area contributed by atoms with Crippen LogP contribution in [0.15, 0.2) is 54.6 Å². The summed E-state index contributed by atoms with van der Waals surface area (Å²) in [6.45, 7) is 1.36. The molecule has 0 aliphatic carbocycles. The maximum absolute atomic E-state index is 12.6. The van der Waals surface area contributed by atoms with Gasteiger partial charge in [0.1, 0.15) is 6.10 Å². The molecule has 23 heavy (non-hydrogen) atoms. The minimum absolute atomic E-state index is 0.0799. The van der Waals surface area contributed by atoms with Crippen molar-refractivity contribution in [3.63, 3.8) is 0 Å². The summed E-state index contributed by atoms with van der Waals surface area (Å²) in [6.07, 6.45) is -0.174. The SMILES string of the molecule is O=C(c1cccc([N+](=O)[O-])c1)N1CCOC(c2ccccc2)C1. The fourth-order valence-corrected chi connectivity index (χ4v) is 2.64. The van der Waals surface area contributed by atoms with E-state index in [-0.39, 0.29) is 17.7 Å². The smallest absolute Gasteiger partial charge is 0.270 e.